The van der Waals surface area contributed by atoms with Crippen LogP contribution in [0.4, 0.5) is 0 Å². The molecule has 1 amide bonds. The molecule has 0 spiro atoms. The topological polar surface area (TPSA) is 20.3 Å². The fraction of sp³-hybridized carbons (Fsp3) is 0.900. The SMILES string of the molecule is CCC(=O)N1C[C@H](CC)[C@H](C)C1. The third-order valence-electron chi connectivity index (χ3n) is 2.95. The number of carbonyl (C=O) groups is 1. The lowest BCUT2D eigenvalue weighted by atomic mass is 9.96. The monoisotopic (exact) mass is 169 g/mol. The van der Waals surface area contributed by atoms with E-state index in [0.29, 0.717) is 18.2 Å². The summed E-state index contributed by atoms with van der Waals surface area (Å²) in [5, 5.41) is 0. The number of likely N-dealkylation sites (tertiary alicyclic amines) is 1. The molecule has 0 unspecified atom stereocenters. The Bertz CT molecular complexity index is 167. The maximum absolute atomic E-state index is 11.3. The van der Waals surface area contributed by atoms with Gasteiger partial charge < -0.3 is 4.90 Å². The standard InChI is InChI=1S/C10H19NO/c1-4-9-7-11(6-8(9)3)10(12)5-2/h8-9H,4-7H2,1-3H3/t8-,9+/m1/s1. The van der Waals surface area contributed by atoms with Crippen LogP contribution >= 0.6 is 0 Å². The summed E-state index contributed by atoms with van der Waals surface area (Å²) in [5.74, 6) is 1.75. The molecule has 0 N–H and O–H groups in total. The lowest BCUT2D eigenvalue weighted by Gasteiger charge is -2.14. The van der Waals surface area contributed by atoms with E-state index in [-0.39, 0.29) is 0 Å². The summed E-state index contributed by atoms with van der Waals surface area (Å²) in [6.07, 6.45) is 1.86. The molecule has 1 fully saturated rings. The number of nitrogens with zero attached hydrogens (tertiary/aromatic N) is 1. The Morgan fingerprint density at radius 3 is 2.50 bits per heavy atom. The molecule has 12 heavy (non-hydrogen) atoms. The van der Waals surface area contributed by atoms with Crippen LogP contribution in [0, 0.1) is 11.8 Å². The van der Waals surface area contributed by atoms with Crippen LogP contribution in [-0.4, -0.2) is 23.9 Å². The highest BCUT2D eigenvalue weighted by Crippen LogP contribution is 2.25. The zero-order chi connectivity index (χ0) is 9.14. The number of rotatable bonds is 2. The van der Waals surface area contributed by atoms with Gasteiger partial charge in [0.2, 0.25) is 5.91 Å². The maximum atomic E-state index is 11.3. The Kier molecular flexibility index (Phi) is 3.12. The highest BCUT2D eigenvalue weighted by Gasteiger charge is 2.29. The molecule has 2 nitrogen and oxygen atoms in total. The Morgan fingerprint density at radius 2 is 2.08 bits per heavy atom. The van der Waals surface area contributed by atoms with Gasteiger partial charge in [0.05, 0.1) is 0 Å². The van der Waals surface area contributed by atoms with Crippen LogP contribution in [0.1, 0.15) is 33.6 Å². The quantitative estimate of drug-likeness (QED) is 0.618. The fourth-order valence-electron chi connectivity index (χ4n) is 1.99. The number of hydrogen-bond donors (Lipinski definition) is 0. The maximum Gasteiger partial charge on any atom is 0.222 e. The van der Waals surface area contributed by atoms with Crippen LogP contribution in [0.15, 0.2) is 0 Å². The Balaban J connectivity index is 2.48. The van der Waals surface area contributed by atoms with E-state index in [1.807, 2.05) is 11.8 Å². The number of hydrogen-bond acceptors (Lipinski definition) is 1. The molecule has 2 atom stereocenters. The molecule has 70 valence electrons. The molecule has 2 heteroatoms. The van der Waals surface area contributed by atoms with E-state index in [9.17, 15) is 4.79 Å². The molecule has 1 rings (SSSR count). The predicted molar refractivity (Wildman–Crippen MR) is 49.8 cm³/mol. The summed E-state index contributed by atoms with van der Waals surface area (Å²) in [6.45, 7) is 8.36. The van der Waals surface area contributed by atoms with Gasteiger partial charge in [-0.15, -0.1) is 0 Å². The normalized spacial score (nSPS) is 29.4. The van der Waals surface area contributed by atoms with Crippen molar-refractivity contribution in [2.75, 3.05) is 13.1 Å². The summed E-state index contributed by atoms with van der Waals surface area (Å²) < 4.78 is 0. The molecular formula is C10H19NO. The second kappa shape index (κ2) is 3.92. The molecule has 0 aromatic rings. The van der Waals surface area contributed by atoms with Crippen molar-refractivity contribution in [3.63, 3.8) is 0 Å². The first kappa shape index (κ1) is 9.56. The van der Waals surface area contributed by atoms with Crippen molar-refractivity contribution in [3.8, 4) is 0 Å². The van der Waals surface area contributed by atoms with E-state index in [4.69, 9.17) is 0 Å². The fourth-order valence-corrected chi connectivity index (χ4v) is 1.99. The molecule has 1 saturated heterocycles. The summed E-state index contributed by atoms with van der Waals surface area (Å²) in [7, 11) is 0. The van der Waals surface area contributed by atoms with Crippen LogP contribution in [0.3, 0.4) is 0 Å². The van der Waals surface area contributed by atoms with E-state index >= 15 is 0 Å². The van der Waals surface area contributed by atoms with Crippen molar-refractivity contribution in [1.29, 1.82) is 0 Å². The van der Waals surface area contributed by atoms with E-state index in [0.717, 1.165) is 19.0 Å². The molecule has 0 bridgehead atoms. The van der Waals surface area contributed by atoms with Crippen molar-refractivity contribution in [2.24, 2.45) is 11.8 Å². The van der Waals surface area contributed by atoms with Gasteiger partial charge >= 0.3 is 0 Å². The van der Waals surface area contributed by atoms with Crippen molar-refractivity contribution in [2.45, 2.75) is 33.6 Å². The van der Waals surface area contributed by atoms with Gasteiger partial charge in [-0.2, -0.15) is 0 Å². The third kappa shape index (κ3) is 1.79. The van der Waals surface area contributed by atoms with Crippen LogP contribution in [-0.2, 0) is 4.79 Å². The first-order valence-electron chi connectivity index (χ1n) is 4.96. The van der Waals surface area contributed by atoms with Gasteiger partial charge in [0, 0.05) is 19.5 Å². The Morgan fingerprint density at radius 1 is 1.42 bits per heavy atom. The summed E-state index contributed by atoms with van der Waals surface area (Å²) in [5.41, 5.74) is 0. The van der Waals surface area contributed by atoms with Crippen LogP contribution in [0.25, 0.3) is 0 Å². The average molecular weight is 169 g/mol. The number of carbonyl (C=O) groups excluding carboxylic acids is 1. The number of amides is 1. The molecule has 1 heterocycles. The molecule has 0 aliphatic carbocycles. The molecule has 1 aliphatic heterocycles. The lowest BCUT2D eigenvalue weighted by Crippen LogP contribution is -2.27. The molecule has 0 aromatic heterocycles. The molecule has 1 aliphatic rings. The van der Waals surface area contributed by atoms with E-state index < -0.39 is 0 Å². The minimum Gasteiger partial charge on any atom is -0.342 e. The second-order valence-electron chi connectivity index (χ2n) is 3.80. The highest BCUT2D eigenvalue weighted by atomic mass is 16.2. The van der Waals surface area contributed by atoms with Gasteiger partial charge in [-0.25, -0.2) is 0 Å². The van der Waals surface area contributed by atoms with Gasteiger partial charge in [0.1, 0.15) is 0 Å². The van der Waals surface area contributed by atoms with Crippen LogP contribution < -0.4 is 0 Å². The lowest BCUT2D eigenvalue weighted by molar-refractivity contribution is -0.130. The van der Waals surface area contributed by atoms with Gasteiger partial charge in [-0.05, 0) is 11.8 Å². The average Bonchev–Trinajstić information content (AvgIpc) is 2.45. The van der Waals surface area contributed by atoms with Gasteiger partial charge in [0.15, 0.2) is 0 Å². The predicted octanol–water partition coefficient (Wildman–Crippen LogP) is 1.90. The molecular weight excluding hydrogens is 150 g/mol. The molecule has 0 radical (unpaired) electrons. The van der Waals surface area contributed by atoms with Crippen molar-refractivity contribution in [1.82, 2.24) is 4.90 Å². The smallest absolute Gasteiger partial charge is 0.222 e. The minimum absolute atomic E-state index is 0.317. The zero-order valence-corrected chi connectivity index (χ0v) is 8.34. The van der Waals surface area contributed by atoms with Crippen LogP contribution in [0.5, 0.6) is 0 Å². The first-order valence-corrected chi connectivity index (χ1v) is 4.96. The Hall–Kier alpha value is -0.530. The molecule has 0 aromatic carbocycles. The van der Waals surface area contributed by atoms with Crippen molar-refractivity contribution < 1.29 is 4.79 Å². The summed E-state index contributed by atoms with van der Waals surface area (Å²) >= 11 is 0. The first-order chi connectivity index (χ1) is 5.69. The van der Waals surface area contributed by atoms with Crippen molar-refractivity contribution >= 4 is 5.91 Å². The van der Waals surface area contributed by atoms with E-state index in [1.165, 1.54) is 6.42 Å². The largest absolute Gasteiger partial charge is 0.342 e. The molecule has 0 saturated carbocycles. The summed E-state index contributed by atoms with van der Waals surface area (Å²) in [6, 6.07) is 0. The zero-order valence-electron chi connectivity index (χ0n) is 8.34. The third-order valence-corrected chi connectivity index (χ3v) is 2.95. The van der Waals surface area contributed by atoms with Crippen LogP contribution in [0.2, 0.25) is 0 Å². The van der Waals surface area contributed by atoms with Gasteiger partial charge in [-0.1, -0.05) is 27.2 Å². The van der Waals surface area contributed by atoms with E-state index in [2.05, 4.69) is 13.8 Å². The van der Waals surface area contributed by atoms with E-state index in [1.54, 1.807) is 0 Å². The highest BCUT2D eigenvalue weighted by molar-refractivity contribution is 5.76. The Labute approximate surface area is 74.9 Å². The second-order valence-corrected chi connectivity index (χ2v) is 3.80. The summed E-state index contributed by atoms with van der Waals surface area (Å²) in [4.78, 5) is 13.4. The van der Waals surface area contributed by atoms with Crippen molar-refractivity contribution in [3.05, 3.63) is 0 Å². The van der Waals surface area contributed by atoms with Gasteiger partial charge in [-0.3, -0.25) is 4.79 Å². The van der Waals surface area contributed by atoms with Gasteiger partial charge in [0.25, 0.3) is 0 Å². The minimum atomic E-state index is 0.317.